The van der Waals surface area contributed by atoms with Crippen LogP contribution in [0.4, 0.5) is 0 Å². The third-order valence-corrected chi connectivity index (χ3v) is 4.10. The first-order valence-electron chi connectivity index (χ1n) is 5.50. The molecule has 0 aliphatic carbocycles. The van der Waals surface area contributed by atoms with E-state index in [1.165, 1.54) is 0 Å². The average molecular weight is 334 g/mol. The molecule has 1 aromatic rings. The zero-order valence-electron chi connectivity index (χ0n) is 9.47. The molecule has 5 heteroatoms. The van der Waals surface area contributed by atoms with Gasteiger partial charge in [-0.25, -0.2) is 4.98 Å². The minimum Gasteiger partial charge on any atom is -0.367 e. The van der Waals surface area contributed by atoms with Crippen LogP contribution >= 0.6 is 22.6 Å². The molecule has 0 radical (unpaired) electrons. The van der Waals surface area contributed by atoms with Gasteiger partial charge in [-0.1, -0.05) is 6.92 Å². The summed E-state index contributed by atoms with van der Waals surface area (Å²) in [5.74, 6) is 0.673. The first-order chi connectivity index (χ1) is 7.57. The minimum atomic E-state index is -0.409. The van der Waals surface area contributed by atoms with E-state index in [0.717, 1.165) is 31.6 Å². The Balaban J connectivity index is 2.50. The summed E-state index contributed by atoms with van der Waals surface area (Å²) in [4.78, 5) is 19.1. The monoisotopic (exact) mass is 334 g/mol. The van der Waals surface area contributed by atoms with Crippen molar-refractivity contribution in [2.24, 2.45) is 0 Å². The highest BCUT2D eigenvalue weighted by Gasteiger charge is 2.34. The fourth-order valence-electron chi connectivity index (χ4n) is 1.96. The van der Waals surface area contributed by atoms with Crippen LogP contribution in [0.25, 0.3) is 0 Å². The standard InChI is InChI=1S/C11H15IN2O2/c1-3-7-8(12)9(15)14-10(13-7)11(2)5-4-6-16-11/h3-6H2,1-2H3,(H,13,14,15). The number of hydrogen-bond acceptors (Lipinski definition) is 3. The fraction of sp³-hybridized carbons (Fsp3) is 0.636. The lowest BCUT2D eigenvalue weighted by Gasteiger charge is -2.22. The number of ether oxygens (including phenoxy) is 1. The quantitative estimate of drug-likeness (QED) is 0.842. The lowest BCUT2D eigenvalue weighted by molar-refractivity contribution is 0.00891. The van der Waals surface area contributed by atoms with E-state index in [1.54, 1.807) is 0 Å². The van der Waals surface area contributed by atoms with Gasteiger partial charge in [-0.05, 0) is 48.8 Å². The molecule has 0 spiro atoms. The van der Waals surface area contributed by atoms with Crippen LogP contribution in [0.3, 0.4) is 0 Å². The molecule has 2 rings (SSSR count). The lowest BCUT2D eigenvalue weighted by atomic mass is 10.0. The van der Waals surface area contributed by atoms with E-state index in [2.05, 4.69) is 9.97 Å². The van der Waals surface area contributed by atoms with Gasteiger partial charge in [-0.15, -0.1) is 0 Å². The first-order valence-corrected chi connectivity index (χ1v) is 6.58. The predicted octanol–water partition coefficient (Wildman–Crippen LogP) is 1.96. The number of H-pyrrole nitrogens is 1. The van der Waals surface area contributed by atoms with Gasteiger partial charge in [0.15, 0.2) is 0 Å². The lowest BCUT2D eigenvalue weighted by Crippen LogP contribution is -2.29. The van der Waals surface area contributed by atoms with Crippen molar-refractivity contribution in [3.05, 3.63) is 25.4 Å². The maximum Gasteiger partial charge on any atom is 0.264 e. The van der Waals surface area contributed by atoms with Crippen molar-refractivity contribution in [2.45, 2.75) is 38.7 Å². The zero-order valence-corrected chi connectivity index (χ0v) is 11.6. The van der Waals surface area contributed by atoms with Crippen molar-refractivity contribution < 1.29 is 4.74 Å². The molecule has 88 valence electrons. The molecule has 1 saturated heterocycles. The molecule has 1 N–H and O–H groups in total. The van der Waals surface area contributed by atoms with Gasteiger partial charge in [-0.2, -0.15) is 0 Å². The Hall–Kier alpha value is -0.430. The molecule has 1 atom stereocenters. The molecule has 0 aromatic carbocycles. The Bertz CT molecular complexity index is 450. The van der Waals surface area contributed by atoms with Crippen molar-refractivity contribution in [1.29, 1.82) is 0 Å². The summed E-state index contributed by atoms with van der Waals surface area (Å²) >= 11 is 2.04. The average Bonchev–Trinajstić information content (AvgIpc) is 2.70. The van der Waals surface area contributed by atoms with E-state index >= 15 is 0 Å². The Morgan fingerprint density at radius 1 is 1.62 bits per heavy atom. The van der Waals surface area contributed by atoms with E-state index in [4.69, 9.17) is 4.74 Å². The van der Waals surface area contributed by atoms with Gasteiger partial charge in [0, 0.05) is 6.61 Å². The van der Waals surface area contributed by atoms with Gasteiger partial charge in [0.2, 0.25) is 0 Å². The van der Waals surface area contributed by atoms with Gasteiger partial charge in [0.25, 0.3) is 5.56 Å². The second-order valence-electron chi connectivity index (χ2n) is 4.21. The summed E-state index contributed by atoms with van der Waals surface area (Å²) in [7, 11) is 0. The van der Waals surface area contributed by atoms with Crippen LogP contribution in [0.1, 0.15) is 38.2 Å². The Labute approximate surface area is 108 Å². The van der Waals surface area contributed by atoms with Crippen LogP contribution in [0.2, 0.25) is 0 Å². The van der Waals surface area contributed by atoms with E-state index in [1.807, 2.05) is 36.4 Å². The van der Waals surface area contributed by atoms with Crippen LogP contribution in [0.15, 0.2) is 4.79 Å². The SMILES string of the molecule is CCc1nc(C2(C)CCCO2)[nH]c(=O)c1I. The van der Waals surface area contributed by atoms with Gasteiger partial charge < -0.3 is 9.72 Å². The summed E-state index contributed by atoms with van der Waals surface area (Å²) in [5.41, 5.74) is 0.392. The number of aryl methyl sites for hydroxylation is 1. The van der Waals surface area contributed by atoms with Crippen molar-refractivity contribution >= 4 is 22.6 Å². The molecule has 2 heterocycles. The largest absolute Gasteiger partial charge is 0.367 e. The number of halogens is 1. The molecule has 1 unspecified atom stereocenters. The summed E-state index contributed by atoms with van der Waals surface area (Å²) in [6.07, 6.45) is 2.71. The number of aromatic amines is 1. The number of aromatic nitrogens is 2. The number of nitrogens with one attached hydrogen (secondary N) is 1. The maximum absolute atomic E-state index is 11.8. The molecule has 1 fully saturated rings. The number of rotatable bonds is 2. The summed E-state index contributed by atoms with van der Waals surface area (Å²) in [5, 5.41) is 0. The Kier molecular flexibility index (Phi) is 3.34. The molecule has 0 amide bonds. The number of nitrogens with zero attached hydrogens (tertiary/aromatic N) is 1. The Morgan fingerprint density at radius 3 is 2.94 bits per heavy atom. The highest BCUT2D eigenvalue weighted by molar-refractivity contribution is 14.1. The second kappa shape index (κ2) is 4.44. The van der Waals surface area contributed by atoms with Crippen LogP contribution in [-0.2, 0) is 16.8 Å². The van der Waals surface area contributed by atoms with E-state index < -0.39 is 5.60 Å². The number of hydrogen-bond donors (Lipinski definition) is 1. The smallest absolute Gasteiger partial charge is 0.264 e. The van der Waals surface area contributed by atoms with E-state index in [0.29, 0.717) is 9.39 Å². The summed E-state index contributed by atoms with van der Waals surface area (Å²) in [6, 6.07) is 0. The molecule has 1 aromatic heterocycles. The van der Waals surface area contributed by atoms with E-state index in [9.17, 15) is 4.79 Å². The van der Waals surface area contributed by atoms with Crippen molar-refractivity contribution in [1.82, 2.24) is 9.97 Å². The zero-order chi connectivity index (χ0) is 11.8. The molecule has 16 heavy (non-hydrogen) atoms. The molecule has 1 aliphatic rings. The molecular weight excluding hydrogens is 319 g/mol. The van der Waals surface area contributed by atoms with Crippen LogP contribution in [-0.4, -0.2) is 16.6 Å². The second-order valence-corrected chi connectivity index (χ2v) is 5.29. The van der Waals surface area contributed by atoms with Crippen LogP contribution in [0.5, 0.6) is 0 Å². The molecule has 0 saturated carbocycles. The fourth-order valence-corrected chi connectivity index (χ4v) is 2.59. The highest BCUT2D eigenvalue weighted by Crippen LogP contribution is 2.33. The van der Waals surface area contributed by atoms with E-state index in [-0.39, 0.29) is 5.56 Å². The normalized spacial score (nSPS) is 24.9. The van der Waals surface area contributed by atoms with Gasteiger partial charge in [-0.3, -0.25) is 4.79 Å². The third-order valence-electron chi connectivity index (χ3n) is 2.99. The molecule has 0 bridgehead atoms. The van der Waals surface area contributed by atoms with Gasteiger partial charge in [0.1, 0.15) is 11.4 Å². The maximum atomic E-state index is 11.8. The first kappa shape index (κ1) is 12.0. The van der Waals surface area contributed by atoms with Crippen molar-refractivity contribution in [3.63, 3.8) is 0 Å². The Morgan fingerprint density at radius 2 is 2.38 bits per heavy atom. The molecule has 1 aliphatic heterocycles. The predicted molar refractivity (Wildman–Crippen MR) is 69.5 cm³/mol. The molecular formula is C11H15IN2O2. The van der Waals surface area contributed by atoms with Crippen molar-refractivity contribution in [2.75, 3.05) is 6.61 Å². The van der Waals surface area contributed by atoms with Crippen molar-refractivity contribution in [3.8, 4) is 0 Å². The minimum absolute atomic E-state index is 0.0563. The topological polar surface area (TPSA) is 55.0 Å². The van der Waals surface area contributed by atoms with Crippen LogP contribution < -0.4 is 5.56 Å². The highest BCUT2D eigenvalue weighted by atomic mass is 127. The van der Waals surface area contributed by atoms with Gasteiger partial charge in [0.05, 0.1) is 9.26 Å². The summed E-state index contributed by atoms with van der Waals surface area (Å²) < 4.78 is 6.37. The van der Waals surface area contributed by atoms with Crippen LogP contribution in [0, 0.1) is 3.57 Å². The summed E-state index contributed by atoms with van der Waals surface area (Å²) in [6.45, 7) is 4.74. The van der Waals surface area contributed by atoms with Gasteiger partial charge >= 0.3 is 0 Å². The third kappa shape index (κ3) is 2.02. The molecule has 4 nitrogen and oxygen atoms in total.